The van der Waals surface area contributed by atoms with Crippen LogP contribution in [0.3, 0.4) is 0 Å². The number of carbonyl (C=O) groups excluding carboxylic acids is 1. The van der Waals surface area contributed by atoms with E-state index in [1.807, 2.05) is 90.8 Å². The Labute approximate surface area is 230 Å². The molecule has 40 heavy (non-hydrogen) atoms. The van der Waals surface area contributed by atoms with Gasteiger partial charge >= 0.3 is 6.01 Å². The van der Waals surface area contributed by atoms with Crippen molar-refractivity contribution in [2.75, 3.05) is 11.9 Å². The molecule has 1 aliphatic rings. The molecule has 0 unspecified atom stereocenters. The largest absolute Gasteiger partial charge is 0.403 e. The van der Waals surface area contributed by atoms with Crippen molar-refractivity contribution in [3.63, 3.8) is 0 Å². The maximum atomic E-state index is 15.0. The molecule has 0 saturated heterocycles. The topological polar surface area (TPSA) is 91.5 Å². The summed E-state index contributed by atoms with van der Waals surface area (Å²) in [5.41, 5.74) is 5.01. The number of hydrogen-bond acceptors (Lipinski definition) is 6. The van der Waals surface area contributed by atoms with Gasteiger partial charge in [-0.1, -0.05) is 77.9 Å². The van der Waals surface area contributed by atoms with Crippen molar-refractivity contribution in [1.29, 1.82) is 0 Å². The summed E-state index contributed by atoms with van der Waals surface area (Å²) in [5, 5.41) is 22.0. The molecule has 0 bridgehead atoms. The van der Waals surface area contributed by atoms with E-state index in [1.165, 1.54) is 12.1 Å². The molecule has 1 amide bonds. The van der Waals surface area contributed by atoms with Gasteiger partial charge in [-0.2, -0.15) is 0 Å². The zero-order valence-corrected chi connectivity index (χ0v) is 21.8. The van der Waals surface area contributed by atoms with Crippen molar-refractivity contribution >= 4 is 11.9 Å². The number of hydrogen-bond donors (Lipinski definition) is 2. The van der Waals surface area contributed by atoms with E-state index in [0.29, 0.717) is 30.4 Å². The number of nitrogens with one attached hydrogen (secondary N) is 1. The first-order chi connectivity index (χ1) is 19.5. The van der Waals surface area contributed by atoms with Crippen LogP contribution in [0.25, 0.3) is 22.6 Å². The molecule has 0 saturated carbocycles. The van der Waals surface area contributed by atoms with Crippen molar-refractivity contribution in [2.24, 2.45) is 0 Å². The average molecular weight is 535 g/mol. The third kappa shape index (κ3) is 5.09. The molecular weight excluding hydrogens is 507 g/mol. The number of halogens is 1. The van der Waals surface area contributed by atoms with Crippen LogP contribution in [0.2, 0.25) is 0 Å². The van der Waals surface area contributed by atoms with Gasteiger partial charge in [0.2, 0.25) is 5.89 Å². The summed E-state index contributed by atoms with van der Waals surface area (Å²) < 4.78 is 20.8. The predicted octanol–water partition coefficient (Wildman–Crippen LogP) is 5.57. The second-order valence-electron chi connectivity index (χ2n) is 9.93. The van der Waals surface area contributed by atoms with Crippen molar-refractivity contribution < 1.29 is 18.7 Å². The number of rotatable bonds is 7. The van der Waals surface area contributed by atoms with E-state index < -0.39 is 23.9 Å². The number of amides is 1. The molecule has 0 radical (unpaired) electrons. The van der Waals surface area contributed by atoms with Crippen LogP contribution in [0.4, 0.5) is 10.4 Å². The van der Waals surface area contributed by atoms with E-state index in [4.69, 9.17) is 4.42 Å². The molecule has 2 atom stereocenters. The number of benzene rings is 4. The van der Waals surface area contributed by atoms with Crippen LogP contribution in [-0.4, -0.2) is 34.4 Å². The molecule has 0 aliphatic heterocycles. The monoisotopic (exact) mass is 534 g/mol. The van der Waals surface area contributed by atoms with Crippen LogP contribution in [0, 0.1) is 5.82 Å². The van der Waals surface area contributed by atoms with E-state index in [2.05, 4.69) is 15.5 Å². The Morgan fingerprint density at radius 3 is 2.40 bits per heavy atom. The van der Waals surface area contributed by atoms with Gasteiger partial charge in [0, 0.05) is 25.6 Å². The maximum Gasteiger partial charge on any atom is 0.318 e. The predicted molar refractivity (Wildman–Crippen MR) is 150 cm³/mol. The van der Waals surface area contributed by atoms with Crippen molar-refractivity contribution in [3.05, 3.63) is 125 Å². The van der Waals surface area contributed by atoms with Crippen LogP contribution in [0.5, 0.6) is 0 Å². The summed E-state index contributed by atoms with van der Waals surface area (Å²) in [6, 6.07) is 29.1. The molecule has 5 aromatic rings. The van der Waals surface area contributed by atoms with E-state index in [1.54, 1.807) is 6.07 Å². The van der Waals surface area contributed by atoms with E-state index in [0.717, 1.165) is 27.8 Å². The number of fused-ring (bicyclic) bond motifs is 1. The van der Waals surface area contributed by atoms with Crippen LogP contribution in [0.1, 0.15) is 33.1 Å². The van der Waals surface area contributed by atoms with E-state index >= 15 is 0 Å². The lowest BCUT2D eigenvalue weighted by molar-refractivity contribution is 0.0854. The Hall–Kier alpha value is -4.82. The van der Waals surface area contributed by atoms with Gasteiger partial charge in [-0.3, -0.25) is 4.79 Å². The third-order valence-corrected chi connectivity index (χ3v) is 7.15. The standard InChI is InChI=1S/C32H27FN4O3/c1-37(32-36-35-31(40-32)22-10-6-3-7-11-22)19-20-12-13-24-18-28(38)29(26(24)16-20)34-30(39)25-15-14-23(17-27(25)33)21-8-4-2-5-9-21/h2-17,28-29,38H,18-19H2,1H3,(H,34,39)/t28-,29-/m1/s1. The van der Waals surface area contributed by atoms with Gasteiger partial charge < -0.3 is 19.7 Å². The molecule has 2 N–H and O–H groups in total. The molecule has 1 heterocycles. The first-order valence-electron chi connectivity index (χ1n) is 13.0. The Kier molecular flexibility index (Phi) is 6.84. The number of carbonyl (C=O) groups is 1. The molecule has 0 fully saturated rings. The minimum atomic E-state index is -0.817. The summed E-state index contributed by atoms with van der Waals surface area (Å²) in [4.78, 5) is 14.9. The highest BCUT2D eigenvalue weighted by molar-refractivity contribution is 5.95. The highest BCUT2D eigenvalue weighted by Crippen LogP contribution is 2.33. The summed E-state index contributed by atoms with van der Waals surface area (Å²) in [6.45, 7) is 0.468. The summed E-state index contributed by atoms with van der Waals surface area (Å²) >= 11 is 0. The van der Waals surface area contributed by atoms with E-state index in [9.17, 15) is 14.3 Å². The lowest BCUT2D eigenvalue weighted by Crippen LogP contribution is -2.34. The lowest BCUT2D eigenvalue weighted by Gasteiger charge is -2.20. The summed E-state index contributed by atoms with van der Waals surface area (Å²) in [7, 11) is 1.85. The molecule has 200 valence electrons. The highest BCUT2D eigenvalue weighted by Gasteiger charge is 2.33. The van der Waals surface area contributed by atoms with Crippen molar-refractivity contribution in [1.82, 2.24) is 15.5 Å². The smallest absolute Gasteiger partial charge is 0.318 e. The molecule has 4 aromatic carbocycles. The highest BCUT2D eigenvalue weighted by atomic mass is 19.1. The Bertz CT molecular complexity index is 1660. The zero-order valence-electron chi connectivity index (χ0n) is 21.8. The molecule has 1 aromatic heterocycles. The first kappa shape index (κ1) is 25.5. The van der Waals surface area contributed by atoms with Gasteiger partial charge in [0.1, 0.15) is 5.82 Å². The average Bonchev–Trinajstić information content (AvgIpc) is 3.59. The molecule has 1 aliphatic carbocycles. The molecule has 6 rings (SSSR count). The fourth-order valence-corrected chi connectivity index (χ4v) is 5.08. The van der Waals surface area contributed by atoms with Crippen LogP contribution in [0.15, 0.2) is 101 Å². The molecule has 7 nitrogen and oxygen atoms in total. The number of aliphatic hydroxyl groups is 1. The van der Waals surface area contributed by atoms with Crippen molar-refractivity contribution in [2.45, 2.75) is 25.1 Å². The number of anilines is 1. The van der Waals surface area contributed by atoms with E-state index in [-0.39, 0.29) is 5.56 Å². The number of nitrogens with zero attached hydrogens (tertiary/aromatic N) is 3. The van der Waals surface area contributed by atoms with Gasteiger partial charge in [-0.15, -0.1) is 5.10 Å². The number of aliphatic hydroxyl groups excluding tert-OH is 1. The first-order valence-corrected chi connectivity index (χ1v) is 13.0. The normalized spacial score (nSPS) is 16.0. The SMILES string of the molecule is CN(Cc1ccc2c(c1)[C@@H](NC(=O)c1ccc(-c3ccccc3)cc1F)[C@H](O)C2)c1nnc(-c2ccccc2)o1. The second kappa shape index (κ2) is 10.7. The van der Waals surface area contributed by atoms with Gasteiger partial charge in [-0.05, 0) is 52.1 Å². The molecular formula is C32H27FN4O3. The molecule has 8 heteroatoms. The van der Waals surface area contributed by atoms with Crippen molar-refractivity contribution in [3.8, 4) is 22.6 Å². The molecule has 0 spiro atoms. The van der Waals surface area contributed by atoms with Gasteiger partial charge in [0.05, 0.1) is 17.7 Å². The maximum absolute atomic E-state index is 15.0. The Morgan fingerprint density at radius 1 is 0.950 bits per heavy atom. The van der Waals surface area contributed by atoms with Gasteiger partial charge in [-0.25, -0.2) is 4.39 Å². The second-order valence-corrected chi connectivity index (χ2v) is 9.93. The van der Waals surface area contributed by atoms with Crippen LogP contribution in [-0.2, 0) is 13.0 Å². The van der Waals surface area contributed by atoms with Gasteiger partial charge in [0.15, 0.2) is 0 Å². The number of aromatic nitrogens is 2. The van der Waals surface area contributed by atoms with Gasteiger partial charge in [0.25, 0.3) is 5.91 Å². The third-order valence-electron chi connectivity index (χ3n) is 7.15. The fourth-order valence-electron chi connectivity index (χ4n) is 5.08. The quantitative estimate of drug-likeness (QED) is 0.284. The Morgan fingerprint density at radius 2 is 1.68 bits per heavy atom. The fraction of sp³-hybridized carbons (Fsp3) is 0.156. The summed E-state index contributed by atoms with van der Waals surface area (Å²) in [5.74, 6) is -0.751. The van der Waals surface area contributed by atoms with Crippen LogP contribution >= 0.6 is 0 Å². The summed E-state index contributed by atoms with van der Waals surface area (Å²) in [6.07, 6.45) is -0.418. The van der Waals surface area contributed by atoms with Crippen LogP contribution < -0.4 is 10.2 Å². The minimum absolute atomic E-state index is 0.0677. The Balaban J connectivity index is 1.17. The lowest BCUT2D eigenvalue weighted by atomic mass is 10.0. The minimum Gasteiger partial charge on any atom is -0.403 e. The zero-order chi connectivity index (χ0) is 27.6.